The van der Waals surface area contributed by atoms with Crippen LogP contribution in [0.15, 0.2) is 54.9 Å². The summed E-state index contributed by atoms with van der Waals surface area (Å²) < 4.78 is 5.31. The lowest BCUT2D eigenvalue weighted by atomic mass is 10.2. The van der Waals surface area contributed by atoms with Gasteiger partial charge in [0.15, 0.2) is 0 Å². The first-order valence-electron chi connectivity index (χ1n) is 8.40. The summed E-state index contributed by atoms with van der Waals surface area (Å²) >= 11 is 6.16. The summed E-state index contributed by atoms with van der Waals surface area (Å²) in [6, 6.07) is 13.0. The highest BCUT2D eigenvalue weighted by atomic mass is 35.5. The Morgan fingerprint density at radius 2 is 1.85 bits per heavy atom. The van der Waals surface area contributed by atoms with Crippen molar-refractivity contribution < 1.29 is 9.53 Å². The van der Waals surface area contributed by atoms with E-state index in [1.165, 1.54) is 6.20 Å². The number of amides is 1. The molecule has 0 aliphatic heterocycles. The Kier molecular flexibility index (Phi) is 5.62. The molecule has 0 bridgehead atoms. The number of pyridine rings is 1. The highest BCUT2D eigenvalue weighted by Crippen LogP contribution is 2.26. The third-order valence-corrected chi connectivity index (χ3v) is 4.47. The molecule has 1 amide bonds. The number of hydrogen-bond donors (Lipinski definition) is 2. The van der Waals surface area contributed by atoms with Crippen LogP contribution in [0.2, 0.25) is 5.02 Å². The van der Waals surface area contributed by atoms with Crippen LogP contribution in [0.1, 0.15) is 21.5 Å². The molecule has 0 spiro atoms. The zero-order valence-corrected chi connectivity index (χ0v) is 16.1. The average Bonchev–Trinajstić information content (AvgIpc) is 2.65. The van der Waals surface area contributed by atoms with Crippen molar-refractivity contribution in [2.75, 3.05) is 17.7 Å². The van der Waals surface area contributed by atoms with E-state index in [0.717, 1.165) is 16.8 Å². The van der Waals surface area contributed by atoms with Gasteiger partial charge < -0.3 is 15.4 Å². The van der Waals surface area contributed by atoms with Gasteiger partial charge in [-0.25, -0.2) is 0 Å². The summed E-state index contributed by atoms with van der Waals surface area (Å²) in [5, 5.41) is 6.76. The molecule has 1 aromatic heterocycles. The Bertz CT molecular complexity index is 989. The maximum absolute atomic E-state index is 12.6. The van der Waals surface area contributed by atoms with Crippen LogP contribution in [-0.4, -0.2) is 18.0 Å². The van der Waals surface area contributed by atoms with Gasteiger partial charge >= 0.3 is 0 Å². The summed E-state index contributed by atoms with van der Waals surface area (Å²) in [4.78, 5) is 16.8. The number of nitrogens with one attached hydrogen (secondary N) is 2. The SMILES string of the molecule is COc1ccc(C)cc1NC(=O)c1cncc(Nc2ccc(C)c(Cl)c2)c1. The summed E-state index contributed by atoms with van der Waals surface area (Å²) in [5.41, 5.74) is 4.59. The second kappa shape index (κ2) is 8.10. The molecule has 6 heteroatoms. The summed E-state index contributed by atoms with van der Waals surface area (Å²) in [6.07, 6.45) is 3.17. The highest BCUT2D eigenvalue weighted by molar-refractivity contribution is 6.31. The second-order valence-corrected chi connectivity index (χ2v) is 6.62. The van der Waals surface area contributed by atoms with E-state index in [1.54, 1.807) is 19.4 Å². The molecule has 3 aromatic rings. The molecule has 0 saturated heterocycles. The number of rotatable bonds is 5. The number of anilines is 3. The molecule has 27 heavy (non-hydrogen) atoms. The van der Waals surface area contributed by atoms with Crippen LogP contribution in [0, 0.1) is 13.8 Å². The van der Waals surface area contributed by atoms with Gasteiger partial charge in [0.2, 0.25) is 0 Å². The summed E-state index contributed by atoms with van der Waals surface area (Å²) in [7, 11) is 1.57. The van der Waals surface area contributed by atoms with E-state index >= 15 is 0 Å². The van der Waals surface area contributed by atoms with Crippen molar-refractivity contribution in [2.45, 2.75) is 13.8 Å². The fourth-order valence-electron chi connectivity index (χ4n) is 2.58. The van der Waals surface area contributed by atoms with Crippen LogP contribution in [0.3, 0.4) is 0 Å². The largest absolute Gasteiger partial charge is 0.495 e. The maximum atomic E-state index is 12.6. The Labute approximate surface area is 163 Å². The second-order valence-electron chi connectivity index (χ2n) is 6.21. The van der Waals surface area contributed by atoms with Crippen molar-refractivity contribution in [2.24, 2.45) is 0 Å². The minimum absolute atomic E-state index is 0.267. The average molecular weight is 382 g/mol. The molecule has 2 aromatic carbocycles. The number of halogens is 1. The van der Waals surface area contributed by atoms with Crippen LogP contribution in [0.5, 0.6) is 5.75 Å². The number of carbonyl (C=O) groups excluding carboxylic acids is 1. The van der Waals surface area contributed by atoms with Crippen molar-refractivity contribution in [1.29, 1.82) is 0 Å². The van der Waals surface area contributed by atoms with Gasteiger partial charge in [-0.2, -0.15) is 0 Å². The Hall–Kier alpha value is -3.05. The van der Waals surface area contributed by atoms with Gasteiger partial charge in [0, 0.05) is 16.9 Å². The van der Waals surface area contributed by atoms with Crippen molar-refractivity contribution in [3.05, 3.63) is 76.6 Å². The molecule has 5 nitrogen and oxygen atoms in total. The van der Waals surface area contributed by atoms with Gasteiger partial charge in [-0.15, -0.1) is 0 Å². The first-order valence-corrected chi connectivity index (χ1v) is 8.78. The zero-order valence-electron chi connectivity index (χ0n) is 15.3. The highest BCUT2D eigenvalue weighted by Gasteiger charge is 2.11. The minimum atomic E-state index is -0.267. The first kappa shape index (κ1) is 18.7. The monoisotopic (exact) mass is 381 g/mol. The molecule has 0 fully saturated rings. The lowest BCUT2D eigenvalue weighted by Gasteiger charge is -2.12. The molecule has 0 aliphatic carbocycles. The van der Waals surface area contributed by atoms with Gasteiger partial charge in [-0.05, 0) is 55.3 Å². The van der Waals surface area contributed by atoms with E-state index in [9.17, 15) is 4.79 Å². The number of aryl methyl sites for hydroxylation is 2. The fourth-order valence-corrected chi connectivity index (χ4v) is 2.76. The van der Waals surface area contributed by atoms with Crippen LogP contribution in [-0.2, 0) is 0 Å². The fraction of sp³-hybridized carbons (Fsp3) is 0.143. The van der Waals surface area contributed by atoms with Gasteiger partial charge in [0.25, 0.3) is 5.91 Å². The lowest BCUT2D eigenvalue weighted by Crippen LogP contribution is -2.13. The maximum Gasteiger partial charge on any atom is 0.257 e. The van der Waals surface area contributed by atoms with Crippen molar-refractivity contribution in [3.63, 3.8) is 0 Å². The zero-order chi connectivity index (χ0) is 19.4. The van der Waals surface area contributed by atoms with E-state index in [2.05, 4.69) is 15.6 Å². The number of benzene rings is 2. The molecule has 138 valence electrons. The molecule has 3 rings (SSSR count). The molecule has 2 N–H and O–H groups in total. The number of carbonyl (C=O) groups is 1. The standard InChI is InChI=1S/C21H20ClN3O2/c1-13-4-7-20(27-3)19(8-13)25-21(26)15-9-17(12-23-11-15)24-16-6-5-14(2)18(22)10-16/h4-12,24H,1-3H3,(H,25,26). The van der Waals surface area contributed by atoms with Crippen LogP contribution in [0.25, 0.3) is 0 Å². The van der Waals surface area contributed by atoms with Crippen LogP contribution in [0.4, 0.5) is 17.1 Å². The van der Waals surface area contributed by atoms with Gasteiger partial charge in [-0.1, -0.05) is 23.7 Å². The number of nitrogens with zero attached hydrogens (tertiary/aromatic N) is 1. The number of ether oxygens (including phenoxy) is 1. The Balaban J connectivity index is 1.79. The predicted octanol–water partition coefficient (Wildman–Crippen LogP) is 5.36. The van der Waals surface area contributed by atoms with Gasteiger partial charge in [0.1, 0.15) is 5.75 Å². The molecule has 0 radical (unpaired) electrons. The molecular formula is C21H20ClN3O2. The Morgan fingerprint density at radius 3 is 2.59 bits per heavy atom. The number of methoxy groups -OCH3 is 1. The quantitative estimate of drug-likeness (QED) is 0.624. The van der Waals surface area contributed by atoms with Crippen LogP contribution < -0.4 is 15.4 Å². The molecule has 1 heterocycles. The van der Waals surface area contributed by atoms with E-state index < -0.39 is 0 Å². The normalized spacial score (nSPS) is 10.4. The Morgan fingerprint density at radius 1 is 1.04 bits per heavy atom. The van der Waals surface area contributed by atoms with Crippen molar-refractivity contribution in [3.8, 4) is 5.75 Å². The van der Waals surface area contributed by atoms with E-state index in [1.807, 2.05) is 50.2 Å². The third-order valence-electron chi connectivity index (χ3n) is 4.06. The smallest absolute Gasteiger partial charge is 0.257 e. The number of aromatic nitrogens is 1. The van der Waals surface area contributed by atoms with Crippen molar-refractivity contribution >= 4 is 34.6 Å². The lowest BCUT2D eigenvalue weighted by molar-refractivity contribution is 0.102. The van der Waals surface area contributed by atoms with Gasteiger partial charge in [0.05, 0.1) is 30.2 Å². The number of hydrogen-bond acceptors (Lipinski definition) is 4. The van der Waals surface area contributed by atoms with Gasteiger partial charge in [-0.3, -0.25) is 9.78 Å². The van der Waals surface area contributed by atoms with E-state index in [4.69, 9.17) is 16.3 Å². The third kappa shape index (κ3) is 4.57. The van der Waals surface area contributed by atoms with E-state index in [-0.39, 0.29) is 5.91 Å². The molecular weight excluding hydrogens is 362 g/mol. The molecule has 0 saturated carbocycles. The van der Waals surface area contributed by atoms with Crippen LogP contribution >= 0.6 is 11.6 Å². The van der Waals surface area contributed by atoms with Crippen molar-refractivity contribution in [1.82, 2.24) is 4.98 Å². The van der Waals surface area contributed by atoms with E-state index in [0.29, 0.717) is 27.7 Å². The summed E-state index contributed by atoms with van der Waals surface area (Å²) in [6.45, 7) is 3.89. The first-order chi connectivity index (χ1) is 13.0. The molecule has 0 atom stereocenters. The predicted molar refractivity (Wildman–Crippen MR) is 109 cm³/mol. The summed E-state index contributed by atoms with van der Waals surface area (Å²) in [5.74, 6) is 0.336. The topological polar surface area (TPSA) is 63.2 Å². The molecule has 0 unspecified atom stereocenters. The minimum Gasteiger partial charge on any atom is -0.495 e. The molecule has 0 aliphatic rings.